The Morgan fingerprint density at radius 1 is 1.09 bits per heavy atom. The lowest BCUT2D eigenvalue weighted by Crippen LogP contribution is -2.51. The van der Waals surface area contributed by atoms with Gasteiger partial charge in [0.2, 0.25) is 15.9 Å². The zero-order valence-electron chi connectivity index (χ0n) is 13.8. The molecule has 0 bridgehead atoms. The highest BCUT2D eigenvalue weighted by molar-refractivity contribution is 7.89. The van der Waals surface area contributed by atoms with Crippen LogP contribution in [-0.2, 0) is 14.8 Å². The van der Waals surface area contributed by atoms with Crippen LogP contribution < -0.4 is 0 Å². The van der Waals surface area contributed by atoms with E-state index in [1.807, 2.05) is 4.90 Å². The van der Waals surface area contributed by atoms with Gasteiger partial charge in [0.15, 0.2) is 0 Å². The van der Waals surface area contributed by atoms with Crippen molar-refractivity contribution in [2.24, 2.45) is 0 Å². The van der Waals surface area contributed by atoms with Gasteiger partial charge in [-0.2, -0.15) is 4.31 Å². The van der Waals surface area contributed by atoms with Gasteiger partial charge in [0.25, 0.3) is 0 Å². The van der Waals surface area contributed by atoms with Crippen molar-refractivity contribution in [3.05, 3.63) is 0 Å². The highest BCUT2D eigenvalue weighted by atomic mass is 32.2. The van der Waals surface area contributed by atoms with Crippen LogP contribution in [0.4, 0.5) is 0 Å². The molecule has 0 aromatic rings. The van der Waals surface area contributed by atoms with Gasteiger partial charge in [-0.1, -0.05) is 6.42 Å². The molecular formula is C15H29N3O3S. The average molecular weight is 331 g/mol. The molecule has 0 aliphatic carbocycles. The maximum Gasteiger partial charge on any atom is 0.222 e. The summed E-state index contributed by atoms with van der Waals surface area (Å²) in [5, 5.41) is 0. The summed E-state index contributed by atoms with van der Waals surface area (Å²) in [4.78, 5) is 16.5. The number of hydrogen-bond donors (Lipinski definition) is 0. The lowest BCUT2D eigenvalue weighted by molar-refractivity contribution is -0.132. The second kappa shape index (κ2) is 7.75. The summed E-state index contributed by atoms with van der Waals surface area (Å²) in [5.74, 6) is 0.308. The Hall–Kier alpha value is -0.660. The zero-order valence-corrected chi connectivity index (χ0v) is 14.6. The van der Waals surface area contributed by atoms with Crippen LogP contribution in [0.25, 0.3) is 0 Å². The molecule has 2 fully saturated rings. The van der Waals surface area contributed by atoms with Gasteiger partial charge in [-0.25, -0.2) is 8.42 Å². The lowest BCUT2D eigenvalue weighted by Gasteiger charge is -2.35. The molecule has 0 radical (unpaired) electrons. The molecule has 2 aliphatic heterocycles. The third-order valence-corrected chi connectivity index (χ3v) is 6.84. The Morgan fingerprint density at radius 2 is 1.77 bits per heavy atom. The predicted molar refractivity (Wildman–Crippen MR) is 87.1 cm³/mol. The minimum Gasteiger partial charge on any atom is -0.340 e. The van der Waals surface area contributed by atoms with E-state index in [2.05, 4.69) is 11.9 Å². The molecule has 128 valence electrons. The third kappa shape index (κ3) is 4.43. The molecule has 0 aromatic heterocycles. The molecule has 0 aromatic carbocycles. The minimum absolute atomic E-state index is 0.134. The third-order valence-electron chi connectivity index (χ3n) is 4.96. The number of likely N-dealkylation sites (tertiary alicyclic amines) is 1. The van der Waals surface area contributed by atoms with Crippen LogP contribution in [-0.4, -0.2) is 80.0 Å². The van der Waals surface area contributed by atoms with Gasteiger partial charge in [0.05, 0.1) is 5.75 Å². The summed E-state index contributed by atoms with van der Waals surface area (Å²) in [7, 11) is -0.977. The summed E-state index contributed by atoms with van der Waals surface area (Å²) >= 11 is 0. The van der Waals surface area contributed by atoms with Crippen LogP contribution in [0.2, 0.25) is 0 Å². The van der Waals surface area contributed by atoms with Crippen LogP contribution in [0.15, 0.2) is 0 Å². The van der Waals surface area contributed by atoms with E-state index >= 15 is 0 Å². The van der Waals surface area contributed by atoms with Gasteiger partial charge >= 0.3 is 0 Å². The largest absolute Gasteiger partial charge is 0.340 e. The molecule has 6 nitrogen and oxygen atoms in total. The summed E-state index contributed by atoms with van der Waals surface area (Å²) in [6.07, 6.45) is 5.20. The van der Waals surface area contributed by atoms with Gasteiger partial charge < -0.3 is 9.80 Å². The molecule has 1 amide bonds. The molecule has 2 heterocycles. The van der Waals surface area contributed by atoms with Gasteiger partial charge in [-0.3, -0.25) is 4.79 Å². The van der Waals surface area contributed by atoms with Crippen LogP contribution in [0, 0.1) is 0 Å². The smallest absolute Gasteiger partial charge is 0.222 e. The molecular weight excluding hydrogens is 302 g/mol. The first-order chi connectivity index (χ1) is 10.4. The Morgan fingerprint density at radius 3 is 2.36 bits per heavy atom. The molecule has 0 N–H and O–H groups in total. The molecule has 2 rings (SSSR count). The summed E-state index contributed by atoms with van der Waals surface area (Å²) in [6.45, 7) is 4.72. The van der Waals surface area contributed by atoms with Gasteiger partial charge in [0.1, 0.15) is 0 Å². The molecule has 22 heavy (non-hydrogen) atoms. The zero-order chi connectivity index (χ0) is 16.2. The highest BCUT2D eigenvalue weighted by Gasteiger charge is 2.28. The fraction of sp³-hybridized carbons (Fsp3) is 0.933. The van der Waals surface area contributed by atoms with Crippen molar-refractivity contribution in [3.8, 4) is 0 Å². The van der Waals surface area contributed by atoms with Crippen LogP contribution in [0.3, 0.4) is 0 Å². The van der Waals surface area contributed by atoms with E-state index in [0.29, 0.717) is 38.6 Å². The summed E-state index contributed by atoms with van der Waals surface area (Å²) < 4.78 is 25.1. The van der Waals surface area contributed by atoms with Crippen molar-refractivity contribution in [1.29, 1.82) is 0 Å². The number of rotatable bonds is 5. The summed E-state index contributed by atoms with van der Waals surface area (Å²) in [5.41, 5.74) is 0. The van der Waals surface area contributed by atoms with Crippen molar-refractivity contribution in [3.63, 3.8) is 0 Å². The van der Waals surface area contributed by atoms with Crippen molar-refractivity contribution >= 4 is 15.9 Å². The number of sulfonamides is 1. The number of hydrogen-bond acceptors (Lipinski definition) is 4. The lowest BCUT2D eigenvalue weighted by atomic mass is 9.98. The predicted octanol–water partition coefficient (Wildman–Crippen LogP) is 0.745. The van der Waals surface area contributed by atoms with Crippen LogP contribution in [0.1, 0.15) is 39.0 Å². The van der Waals surface area contributed by atoms with E-state index in [1.54, 1.807) is 6.92 Å². The van der Waals surface area contributed by atoms with Gasteiger partial charge in [-0.15, -0.1) is 0 Å². The first-order valence-electron chi connectivity index (χ1n) is 8.40. The molecule has 1 atom stereocenters. The van der Waals surface area contributed by atoms with E-state index in [4.69, 9.17) is 0 Å². The van der Waals surface area contributed by atoms with Crippen molar-refractivity contribution < 1.29 is 13.2 Å². The first kappa shape index (κ1) is 17.7. The van der Waals surface area contributed by atoms with Crippen LogP contribution in [0.5, 0.6) is 0 Å². The molecule has 0 spiro atoms. The molecule has 0 saturated carbocycles. The fourth-order valence-corrected chi connectivity index (χ4v) is 4.44. The monoisotopic (exact) mass is 331 g/mol. The normalized spacial score (nSPS) is 25.4. The highest BCUT2D eigenvalue weighted by Crippen LogP contribution is 2.20. The van der Waals surface area contributed by atoms with Gasteiger partial charge in [-0.05, 0) is 39.8 Å². The Balaban J connectivity index is 1.75. The maximum atomic E-state index is 12.3. The van der Waals surface area contributed by atoms with Crippen LogP contribution >= 0.6 is 0 Å². The number of carbonyl (C=O) groups is 1. The molecule has 2 saturated heterocycles. The molecule has 7 heteroatoms. The minimum atomic E-state index is -3.12. The molecule has 1 unspecified atom stereocenters. The second-order valence-corrected chi connectivity index (χ2v) is 8.61. The van der Waals surface area contributed by atoms with E-state index < -0.39 is 10.0 Å². The average Bonchev–Trinajstić information content (AvgIpc) is 2.54. The summed E-state index contributed by atoms with van der Waals surface area (Å²) in [6, 6.07) is 0.527. The number of carbonyl (C=O) groups excluding carboxylic acids is 1. The SMILES string of the molecule is CCS(=O)(=O)N1CCN(C(=O)CCC2CCCCN2C)CC1. The number of piperidine rings is 1. The van der Waals surface area contributed by atoms with E-state index in [9.17, 15) is 13.2 Å². The van der Waals surface area contributed by atoms with E-state index in [0.717, 1.165) is 13.0 Å². The maximum absolute atomic E-state index is 12.3. The van der Waals surface area contributed by atoms with Gasteiger partial charge in [0, 0.05) is 38.6 Å². The number of nitrogens with zero attached hydrogens (tertiary/aromatic N) is 3. The van der Waals surface area contributed by atoms with Crippen molar-refractivity contribution in [2.45, 2.75) is 45.1 Å². The standard InChI is InChI=1S/C15H29N3O3S/c1-3-22(20,21)18-12-10-17(11-13-18)15(19)8-7-14-6-4-5-9-16(14)2/h14H,3-13H2,1-2H3. The molecule has 2 aliphatic rings. The topological polar surface area (TPSA) is 60.9 Å². The fourth-order valence-electron chi connectivity index (χ4n) is 3.36. The van der Waals surface area contributed by atoms with Crippen molar-refractivity contribution in [1.82, 2.24) is 14.1 Å². The second-order valence-electron chi connectivity index (χ2n) is 6.35. The Kier molecular flexibility index (Phi) is 6.23. The van der Waals surface area contributed by atoms with E-state index in [1.165, 1.54) is 23.6 Å². The first-order valence-corrected chi connectivity index (χ1v) is 10.0. The Bertz CT molecular complexity index is 472. The number of amides is 1. The van der Waals surface area contributed by atoms with Crippen molar-refractivity contribution in [2.75, 3.05) is 45.5 Å². The quantitative estimate of drug-likeness (QED) is 0.746. The Labute approximate surface area is 134 Å². The van der Waals surface area contributed by atoms with E-state index in [-0.39, 0.29) is 11.7 Å². The number of piperazine rings is 1.